The maximum Gasteiger partial charge on any atom is 0.0602 e. The maximum absolute atomic E-state index is 5.56. The van der Waals surface area contributed by atoms with Gasteiger partial charge in [0.25, 0.3) is 0 Å². The standard InChI is InChI=1S/C15H20N4/c1-3-19(11-14-6-4-5-12(2)18-14)15-8-7-13(9-16)17-10-15/h4-8,10H,3,9,11,16H2,1-2H3. The number of hydrogen-bond donors (Lipinski definition) is 1. The van der Waals surface area contributed by atoms with Crippen molar-refractivity contribution in [3.05, 3.63) is 53.6 Å². The van der Waals surface area contributed by atoms with E-state index in [2.05, 4.69) is 33.9 Å². The number of aromatic nitrogens is 2. The van der Waals surface area contributed by atoms with Gasteiger partial charge in [0.15, 0.2) is 0 Å². The summed E-state index contributed by atoms with van der Waals surface area (Å²) in [5, 5.41) is 0. The first-order chi connectivity index (χ1) is 9.22. The van der Waals surface area contributed by atoms with Gasteiger partial charge in [-0.3, -0.25) is 9.97 Å². The summed E-state index contributed by atoms with van der Waals surface area (Å²) >= 11 is 0. The molecule has 19 heavy (non-hydrogen) atoms. The highest BCUT2D eigenvalue weighted by Gasteiger charge is 2.06. The smallest absolute Gasteiger partial charge is 0.0602 e. The van der Waals surface area contributed by atoms with Gasteiger partial charge in [0.05, 0.1) is 29.8 Å². The molecular weight excluding hydrogens is 236 g/mol. The molecule has 4 nitrogen and oxygen atoms in total. The van der Waals surface area contributed by atoms with Gasteiger partial charge in [0.1, 0.15) is 0 Å². The lowest BCUT2D eigenvalue weighted by Gasteiger charge is -2.22. The van der Waals surface area contributed by atoms with Gasteiger partial charge in [-0.2, -0.15) is 0 Å². The van der Waals surface area contributed by atoms with Crippen LogP contribution in [0.2, 0.25) is 0 Å². The first-order valence-electron chi connectivity index (χ1n) is 6.55. The number of rotatable bonds is 5. The molecular formula is C15H20N4. The molecule has 2 aromatic heterocycles. The van der Waals surface area contributed by atoms with Crippen LogP contribution in [0.4, 0.5) is 5.69 Å². The van der Waals surface area contributed by atoms with Crippen LogP contribution in [0.5, 0.6) is 0 Å². The molecule has 0 amide bonds. The van der Waals surface area contributed by atoms with E-state index in [1.165, 1.54) is 0 Å². The van der Waals surface area contributed by atoms with Crippen molar-refractivity contribution in [1.29, 1.82) is 0 Å². The van der Waals surface area contributed by atoms with E-state index in [0.29, 0.717) is 6.54 Å². The minimum Gasteiger partial charge on any atom is -0.365 e. The molecule has 2 heterocycles. The molecule has 0 aliphatic rings. The number of aryl methyl sites for hydroxylation is 1. The molecule has 2 rings (SSSR count). The third-order valence-corrected chi connectivity index (χ3v) is 3.06. The lowest BCUT2D eigenvalue weighted by Crippen LogP contribution is -2.23. The van der Waals surface area contributed by atoms with Gasteiger partial charge in [-0.15, -0.1) is 0 Å². The first kappa shape index (κ1) is 13.5. The minimum absolute atomic E-state index is 0.478. The van der Waals surface area contributed by atoms with E-state index in [0.717, 1.165) is 35.9 Å². The van der Waals surface area contributed by atoms with E-state index in [1.807, 2.05) is 31.3 Å². The predicted octanol–water partition coefficient (Wildman–Crippen LogP) is 2.27. The Balaban J connectivity index is 2.15. The quantitative estimate of drug-likeness (QED) is 0.891. The van der Waals surface area contributed by atoms with Crippen LogP contribution < -0.4 is 10.6 Å². The SMILES string of the molecule is CCN(Cc1cccc(C)n1)c1ccc(CN)nc1. The number of nitrogens with zero attached hydrogens (tertiary/aromatic N) is 3. The Kier molecular flexibility index (Phi) is 4.47. The third-order valence-electron chi connectivity index (χ3n) is 3.06. The van der Waals surface area contributed by atoms with E-state index in [-0.39, 0.29) is 0 Å². The van der Waals surface area contributed by atoms with Crippen LogP contribution in [0.25, 0.3) is 0 Å². The molecule has 0 atom stereocenters. The van der Waals surface area contributed by atoms with E-state index < -0.39 is 0 Å². The highest BCUT2D eigenvalue weighted by Crippen LogP contribution is 2.15. The van der Waals surface area contributed by atoms with E-state index >= 15 is 0 Å². The number of nitrogens with two attached hydrogens (primary N) is 1. The Morgan fingerprint density at radius 1 is 1.16 bits per heavy atom. The fourth-order valence-corrected chi connectivity index (χ4v) is 1.99. The molecule has 0 aliphatic heterocycles. The number of anilines is 1. The predicted molar refractivity (Wildman–Crippen MR) is 77.8 cm³/mol. The van der Waals surface area contributed by atoms with Crippen LogP contribution in [-0.4, -0.2) is 16.5 Å². The van der Waals surface area contributed by atoms with Gasteiger partial charge < -0.3 is 10.6 Å². The van der Waals surface area contributed by atoms with Crippen LogP contribution in [0.3, 0.4) is 0 Å². The lowest BCUT2D eigenvalue weighted by atomic mass is 10.2. The van der Waals surface area contributed by atoms with Crippen molar-refractivity contribution in [1.82, 2.24) is 9.97 Å². The molecule has 0 aromatic carbocycles. The molecule has 0 radical (unpaired) electrons. The van der Waals surface area contributed by atoms with Crippen LogP contribution in [-0.2, 0) is 13.1 Å². The Labute approximate surface area is 114 Å². The number of pyridine rings is 2. The maximum atomic E-state index is 5.56. The fourth-order valence-electron chi connectivity index (χ4n) is 1.99. The third kappa shape index (κ3) is 3.51. The average Bonchev–Trinajstić information content (AvgIpc) is 2.45. The second-order valence-corrected chi connectivity index (χ2v) is 4.50. The molecule has 0 bridgehead atoms. The van der Waals surface area contributed by atoms with Crippen LogP contribution in [0, 0.1) is 6.92 Å². The van der Waals surface area contributed by atoms with Crippen molar-refractivity contribution < 1.29 is 0 Å². The minimum atomic E-state index is 0.478. The largest absolute Gasteiger partial charge is 0.365 e. The fraction of sp³-hybridized carbons (Fsp3) is 0.333. The van der Waals surface area contributed by atoms with Crippen LogP contribution in [0.1, 0.15) is 24.0 Å². The van der Waals surface area contributed by atoms with E-state index in [4.69, 9.17) is 5.73 Å². The summed E-state index contributed by atoms with van der Waals surface area (Å²) in [4.78, 5) is 11.1. The van der Waals surface area contributed by atoms with Crippen LogP contribution in [0.15, 0.2) is 36.5 Å². The van der Waals surface area contributed by atoms with Crippen molar-refractivity contribution in [3.63, 3.8) is 0 Å². The van der Waals surface area contributed by atoms with E-state index in [1.54, 1.807) is 0 Å². The second kappa shape index (κ2) is 6.29. The molecule has 0 saturated heterocycles. The van der Waals surface area contributed by atoms with E-state index in [9.17, 15) is 0 Å². The van der Waals surface area contributed by atoms with Gasteiger partial charge in [-0.25, -0.2) is 0 Å². The molecule has 100 valence electrons. The Hall–Kier alpha value is -1.94. The molecule has 2 aromatic rings. The summed E-state index contributed by atoms with van der Waals surface area (Å²) in [5.41, 5.74) is 9.69. The summed E-state index contributed by atoms with van der Waals surface area (Å²) in [6, 6.07) is 10.1. The number of hydrogen-bond acceptors (Lipinski definition) is 4. The van der Waals surface area contributed by atoms with Crippen molar-refractivity contribution in [3.8, 4) is 0 Å². The Morgan fingerprint density at radius 3 is 2.58 bits per heavy atom. The molecule has 0 spiro atoms. The average molecular weight is 256 g/mol. The molecule has 2 N–H and O–H groups in total. The van der Waals surface area contributed by atoms with Gasteiger partial charge in [-0.05, 0) is 38.1 Å². The first-order valence-corrected chi connectivity index (χ1v) is 6.55. The molecule has 0 saturated carbocycles. The van der Waals surface area contributed by atoms with Gasteiger partial charge in [0, 0.05) is 18.8 Å². The normalized spacial score (nSPS) is 10.5. The Bertz CT molecular complexity index is 522. The topological polar surface area (TPSA) is 55.0 Å². The highest BCUT2D eigenvalue weighted by molar-refractivity contribution is 5.44. The zero-order chi connectivity index (χ0) is 13.7. The van der Waals surface area contributed by atoms with Crippen molar-refractivity contribution in [2.75, 3.05) is 11.4 Å². The Morgan fingerprint density at radius 2 is 2.00 bits per heavy atom. The van der Waals surface area contributed by atoms with Crippen LogP contribution >= 0.6 is 0 Å². The van der Waals surface area contributed by atoms with Gasteiger partial charge in [0.2, 0.25) is 0 Å². The van der Waals surface area contributed by atoms with Crippen molar-refractivity contribution >= 4 is 5.69 Å². The molecule has 0 unspecified atom stereocenters. The van der Waals surface area contributed by atoms with Crippen molar-refractivity contribution in [2.45, 2.75) is 26.9 Å². The summed E-state index contributed by atoms with van der Waals surface area (Å²) in [6.45, 7) is 6.33. The summed E-state index contributed by atoms with van der Waals surface area (Å²) < 4.78 is 0. The molecule has 0 fully saturated rings. The second-order valence-electron chi connectivity index (χ2n) is 4.50. The summed E-state index contributed by atoms with van der Waals surface area (Å²) in [5.74, 6) is 0. The van der Waals surface area contributed by atoms with Gasteiger partial charge >= 0.3 is 0 Å². The summed E-state index contributed by atoms with van der Waals surface area (Å²) in [7, 11) is 0. The monoisotopic (exact) mass is 256 g/mol. The zero-order valence-corrected chi connectivity index (χ0v) is 11.5. The molecule has 4 heteroatoms. The molecule has 0 aliphatic carbocycles. The van der Waals surface area contributed by atoms with Crippen molar-refractivity contribution in [2.24, 2.45) is 5.73 Å². The lowest BCUT2D eigenvalue weighted by molar-refractivity contribution is 0.801. The zero-order valence-electron chi connectivity index (χ0n) is 11.5. The van der Waals surface area contributed by atoms with Gasteiger partial charge in [-0.1, -0.05) is 6.07 Å². The summed E-state index contributed by atoms with van der Waals surface area (Å²) in [6.07, 6.45) is 1.88. The highest BCUT2D eigenvalue weighted by atomic mass is 15.1.